The first-order chi connectivity index (χ1) is 14.2. The molecule has 146 valence electrons. The number of amides is 1. The topological polar surface area (TPSA) is 62.2 Å². The predicted molar refractivity (Wildman–Crippen MR) is 118 cm³/mol. The Hall–Kier alpha value is -3.66. The van der Waals surface area contributed by atoms with E-state index in [9.17, 15) is 9.90 Å². The largest absolute Gasteiger partial charge is 0.505 e. The molecule has 0 radical (unpaired) electrons. The number of aromatic hydroxyl groups is 1. The highest BCUT2D eigenvalue weighted by molar-refractivity contribution is 6.10. The first-order valence-corrected chi connectivity index (χ1v) is 9.73. The van der Waals surface area contributed by atoms with Crippen LogP contribution in [0.25, 0.3) is 22.2 Å². The van der Waals surface area contributed by atoms with Crippen LogP contribution in [0.5, 0.6) is 5.75 Å². The molecule has 0 saturated carbocycles. The second kappa shape index (κ2) is 9.51. The van der Waals surface area contributed by atoms with Crippen molar-refractivity contribution >= 4 is 16.8 Å². The first kappa shape index (κ1) is 20.1. The highest BCUT2D eigenvalue weighted by atomic mass is 16.3. The molecule has 4 rings (SSSR count). The number of nitrogens with one attached hydrogen (secondary N) is 1. The molecule has 0 aliphatic rings. The van der Waals surface area contributed by atoms with Gasteiger partial charge in [0.05, 0.1) is 11.1 Å². The van der Waals surface area contributed by atoms with Gasteiger partial charge in [0.2, 0.25) is 0 Å². The minimum absolute atomic E-state index is 0.106. The van der Waals surface area contributed by atoms with Gasteiger partial charge in [-0.3, -0.25) is 4.79 Å². The van der Waals surface area contributed by atoms with Crippen LogP contribution < -0.4 is 5.32 Å². The first-order valence-electron chi connectivity index (χ1n) is 9.73. The van der Waals surface area contributed by atoms with E-state index in [2.05, 4.69) is 10.3 Å². The third-order valence-electron chi connectivity index (χ3n) is 4.44. The number of pyridine rings is 1. The molecule has 0 spiro atoms. The van der Waals surface area contributed by atoms with Gasteiger partial charge in [-0.25, -0.2) is 4.98 Å². The normalized spacial score (nSPS) is 10.1. The van der Waals surface area contributed by atoms with Gasteiger partial charge in [0, 0.05) is 17.5 Å². The molecule has 0 bridgehead atoms. The quantitative estimate of drug-likeness (QED) is 0.484. The molecule has 1 aromatic heterocycles. The van der Waals surface area contributed by atoms with Crippen molar-refractivity contribution in [3.63, 3.8) is 0 Å². The van der Waals surface area contributed by atoms with Crippen molar-refractivity contribution in [1.29, 1.82) is 0 Å². The molecule has 0 atom stereocenters. The van der Waals surface area contributed by atoms with Crippen LogP contribution in [-0.2, 0) is 6.54 Å². The highest BCUT2D eigenvalue weighted by Gasteiger charge is 2.21. The number of nitrogens with zero attached hydrogens (tertiary/aromatic N) is 1. The zero-order valence-electron chi connectivity index (χ0n) is 16.6. The molecule has 4 heteroatoms. The average Bonchev–Trinajstić information content (AvgIpc) is 2.79. The van der Waals surface area contributed by atoms with Gasteiger partial charge >= 0.3 is 0 Å². The maximum atomic E-state index is 12.9. The van der Waals surface area contributed by atoms with Crippen molar-refractivity contribution in [1.82, 2.24) is 10.3 Å². The van der Waals surface area contributed by atoms with Crippen molar-refractivity contribution in [2.24, 2.45) is 0 Å². The highest BCUT2D eigenvalue weighted by Crippen LogP contribution is 2.35. The Labute approximate surface area is 170 Å². The van der Waals surface area contributed by atoms with Crippen molar-refractivity contribution in [2.75, 3.05) is 0 Å². The summed E-state index contributed by atoms with van der Waals surface area (Å²) in [5, 5.41) is 14.4. The van der Waals surface area contributed by atoms with Gasteiger partial charge in [-0.15, -0.1) is 0 Å². The fourth-order valence-corrected chi connectivity index (χ4v) is 3.10. The second-order valence-electron chi connectivity index (χ2n) is 6.24. The van der Waals surface area contributed by atoms with E-state index in [0.29, 0.717) is 23.1 Å². The molecule has 29 heavy (non-hydrogen) atoms. The van der Waals surface area contributed by atoms with Crippen LogP contribution in [0.1, 0.15) is 29.8 Å². The van der Waals surface area contributed by atoms with Crippen LogP contribution in [0.4, 0.5) is 0 Å². The molecule has 0 fully saturated rings. The average molecular weight is 384 g/mol. The number of aromatic nitrogens is 1. The summed E-state index contributed by atoms with van der Waals surface area (Å²) >= 11 is 0. The third-order valence-corrected chi connectivity index (χ3v) is 4.44. The lowest BCUT2D eigenvalue weighted by Crippen LogP contribution is -2.23. The van der Waals surface area contributed by atoms with Crippen LogP contribution in [0.15, 0.2) is 84.9 Å². The maximum absolute atomic E-state index is 12.9. The van der Waals surface area contributed by atoms with Gasteiger partial charge in [0.25, 0.3) is 5.91 Å². The van der Waals surface area contributed by atoms with Crippen LogP contribution in [0.3, 0.4) is 0 Å². The van der Waals surface area contributed by atoms with Crippen LogP contribution in [-0.4, -0.2) is 16.0 Å². The van der Waals surface area contributed by atoms with Gasteiger partial charge < -0.3 is 10.4 Å². The maximum Gasteiger partial charge on any atom is 0.256 e. The lowest BCUT2D eigenvalue weighted by molar-refractivity contribution is 0.0950. The van der Waals surface area contributed by atoms with Crippen molar-refractivity contribution in [3.05, 3.63) is 96.1 Å². The van der Waals surface area contributed by atoms with E-state index in [1.165, 1.54) is 0 Å². The lowest BCUT2D eigenvalue weighted by Gasteiger charge is -2.13. The van der Waals surface area contributed by atoms with E-state index in [0.717, 1.165) is 11.1 Å². The number of rotatable bonds is 4. The molecular weight excluding hydrogens is 360 g/mol. The number of para-hydroxylation sites is 1. The fourth-order valence-electron chi connectivity index (χ4n) is 3.10. The fraction of sp³-hybridized carbons (Fsp3) is 0.120. The Morgan fingerprint density at radius 2 is 1.45 bits per heavy atom. The molecule has 4 aromatic rings. The van der Waals surface area contributed by atoms with Gasteiger partial charge in [-0.05, 0) is 11.6 Å². The number of carbonyl (C=O) groups excluding carboxylic acids is 1. The van der Waals surface area contributed by atoms with Crippen LogP contribution in [0, 0.1) is 0 Å². The summed E-state index contributed by atoms with van der Waals surface area (Å²) in [6, 6.07) is 26.4. The monoisotopic (exact) mass is 384 g/mol. The minimum atomic E-state index is -0.327. The molecule has 0 aliphatic heterocycles. The van der Waals surface area contributed by atoms with Crippen LogP contribution in [0.2, 0.25) is 0 Å². The van der Waals surface area contributed by atoms with Gasteiger partial charge in [0.15, 0.2) is 5.75 Å². The molecule has 4 nitrogen and oxygen atoms in total. The molecule has 0 saturated heterocycles. The van der Waals surface area contributed by atoms with E-state index in [-0.39, 0.29) is 17.2 Å². The number of carbonyl (C=O) groups is 1. The van der Waals surface area contributed by atoms with Crippen LogP contribution >= 0.6 is 0 Å². The predicted octanol–water partition coefficient (Wildman–Crippen LogP) is 5.56. The zero-order valence-corrected chi connectivity index (χ0v) is 16.6. The summed E-state index contributed by atoms with van der Waals surface area (Å²) in [5.41, 5.74) is 3.07. The molecular formula is C25H24N2O2. The Balaban J connectivity index is 0.00000117. The molecule has 3 aromatic carbocycles. The van der Waals surface area contributed by atoms with E-state index < -0.39 is 0 Å². The molecule has 2 N–H and O–H groups in total. The number of hydrogen-bond donors (Lipinski definition) is 2. The van der Waals surface area contributed by atoms with E-state index >= 15 is 0 Å². The Kier molecular flexibility index (Phi) is 6.59. The van der Waals surface area contributed by atoms with Crippen molar-refractivity contribution < 1.29 is 9.90 Å². The number of hydrogen-bond acceptors (Lipinski definition) is 3. The van der Waals surface area contributed by atoms with Gasteiger partial charge in [-0.1, -0.05) is 92.7 Å². The summed E-state index contributed by atoms with van der Waals surface area (Å²) in [4.78, 5) is 17.5. The van der Waals surface area contributed by atoms with Gasteiger partial charge in [-0.2, -0.15) is 0 Å². The number of benzene rings is 3. The van der Waals surface area contributed by atoms with E-state index in [1.54, 1.807) is 6.07 Å². The SMILES string of the molecule is CC.O=C(NCc1ccccc1)c1c(O)c(-c2ccccc2)nc2ccccc12. The number of fused-ring (bicyclic) bond motifs is 1. The summed E-state index contributed by atoms with van der Waals surface area (Å²) in [6.45, 7) is 4.39. The Bertz CT molecular complexity index is 1090. The molecule has 0 unspecified atom stereocenters. The minimum Gasteiger partial charge on any atom is -0.505 e. The molecule has 1 heterocycles. The lowest BCUT2D eigenvalue weighted by atomic mass is 10.0. The van der Waals surface area contributed by atoms with Crippen molar-refractivity contribution in [3.8, 4) is 17.0 Å². The van der Waals surface area contributed by atoms with Crippen molar-refractivity contribution in [2.45, 2.75) is 20.4 Å². The third kappa shape index (κ3) is 4.43. The summed E-state index contributed by atoms with van der Waals surface area (Å²) in [5.74, 6) is -0.433. The molecule has 1 amide bonds. The molecule has 0 aliphatic carbocycles. The van der Waals surface area contributed by atoms with E-state index in [4.69, 9.17) is 0 Å². The van der Waals surface area contributed by atoms with Gasteiger partial charge in [0.1, 0.15) is 5.69 Å². The zero-order chi connectivity index (χ0) is 20.6. The Morgan fingerprint density at radius 3 is 2.14 bits per heavy atom. The Morgan fingerprint density at radius 1 is 0.862 bits per heavy atom. The second-order valence-corrected chi connectivity index (χ2v) is 6.24. The summed E-state index contributed by atoms with van der Waals surface area (Å²) < 4.78 is 0. The summed E-state index contributed by atoms with van der Waals surface area (Å²) in [6.07, 6.45) is 0. The standard InChI is InChI=1S/C23H18N2O2.C2H6/c26-22-20(23(27)24-15-16-9-3-1-4-10-16)18-13-7-8-14-19(18)25-21(22)17-11-5-2-6-12-17;1-2/h1-14,26H,15H2,(H,24,27);1-2H3. The summed E-state index contributed by atoms with van der Waals surface area (Å²) in [7, 11) is 0. The smallest absolute Gasteiger partial charge is 0.256 e. The van der Waals surface area contributed by atoms with E-state index in [1.807, 2.05) is 92.7 Å².